The Labute approximate surface area is 119 Å². The van der Waals surface area contributed by atoms with E-state index in [1.54, 1.807) is 17.2 Å². The van der Waals surface area contributed by atoms with Crippen LogP contribution in [-0.2, 0) is 6.18 Å². The van der Waals surface area contributed by atoms with E-state index in [1.807, 2.05) is 25.9 Å². The highest BCUT2D eigenvalue weighted by Gasteiger charge is 2.40. The lowest BCUT2D eigenvalue weighted by Crippen LogP contribution is -2.39. The first-order valence-corrected chi connectivity index (χ1v) is 6.32. The van der Waals surface area contributed by atoms with E-state index in [2.05, 4.69) is 19.7 Å². The minimum atomic E-state index is -4.65. The number of hydrogen-bond donors (Lipinski definition) is 0. The summed E-state index contributed by atoms with van der Waals surface area (Å²) in [6.07, 6.45) is -0.389. The molecule has 6 nitrogen and oxygen atoms in total. The summed E-state index contributed by atoms with van der Waals surface area (Å²) >= 11 is 0. The summed E-state index contributed by atoms with van der Waals surface area (Å²) in [5, 5.41) is 3.41. The van der Waals surface area contributed by atoms with Crippen LogP contribution in [-0.4, -0.2) is 52.8 Å². The van der Waals surface area contributed by atoms with Crippen molar-refractivity contribution < 1.29 is 17.7 Å². The highest BCUT2D eigenvalue weighted by Crippen LogP contribution is 2.30. The van der Waals surface area contributed by atoms with Gasteiger partial charge in [-0.3, -0.25) is 4.99 Å². The van der Waals surface area contributed by atoms with Gasteiger partial charge in [-0.2, -0.15) is 18.2 Å². The van der Waals surface area contributed by atoms with Crippen LogP contribution in [0.1, 0.15) is 24.8 Å². The van der Waals surface area contributed by atoms with E-state index >= 15 is 0 Å². The molecule has 2 heterocycles. The van der Waals surface area contributed by atoms with Gasteiger partial charge in [0.1, 0.15) is 0 Å². The number of aliphatic imine (C=N–C) groups is 1. The van der Waals surface area contributed by atoms with Crippen molar-refractivity contribution in [2.75, 3.05) is 20.6 Å². The fourth-order valence-electron chi connectivity index (χ4n) is 2.09. The van der Waals surface area contributed by atoms with Crippen LogP contribution in [0, 0.1) is 0 Å². The number of nitrogens with zero attached hydrogens (tertiary/aromatic N) is 5. The molecule has 0 spiro atoms. The lowest BCUT2D eigenvalue weighted by Gasteiger charge is -2.34. The number of aromatic nitrogens is 2. The molecule has 0 N–H and O–H groups in total. The van der Waals surface area contributed by atoms with Crippen LogP contribution >= 0.6 is 0 Å². The molecule has 0 aliphatic carbocycles. The summed E-state index contributed by atoms with van der Waals surface area (Å²) in [7, 11) is 3.83. The van der Waals surface area contributed by atoms with Crippen molar-refractivity contribution in [3.05, 3.63) is 24.0 Å². The van der Waals surface area contributed by atoms with Crippen molar-refractivity contribution in [2.24, 2.45) is 4.99 Å². The van der Waals surface area contributed by atoms with Crippen LogP contribution in [0.15, 0.2) is 21.8 Å². The van der Waals surface area contributed by atoms with Gasteiger partial charge in [0.2, 0.25) is 5.82 Å². The molecule has 9 heteroatoms. The average molecular weight is 303 g/mol. The van der Waals surface area contributed by atoms with Crippen LogP contribution in [0.4, 0.5) is 13.2 Å². The van der Waals surface area contributed by atoms with Crippen molar-refractivity contribution >= 4 is 6.21 Å². The topological polar surface area (TPSA) is 57.8 Å². The monoisotopic (exact) mass is 303 g/mol. The molecule has 0 fully saturated rings. The van der Waals surface area contributed by atoms with Gasteiger partial charge in [0, 0.05) is 25.0 Å². The number of allylic oxidation sites excluding steroid dienone is 1. The molecule has 1 aromatic rings. The van der Waals surface area contributed by atoms with Crippen LogP contribution in [0.5, 0.6) is 0 Å². The number of rotatable bonds is 4. The zero-order valence-corrected chi connectivity index (χ0v) is 11.9. The molecule has 2 rings (SSSR count). The molecule has 1 aromatic heterocycles. The van der Waals surface area contributed by atoms with Gasteiger partial charge >= 0.3 is 12.1 Å². The molecule has 21 heavy (non-hydrogen) atoms. The molecule has 1 unspecified atom stereocenters. The van der Waals surface area contributed by atoms with Gasteiger partial charge in [0.15, 0.2) is 6.17 Å². The maximum atomic E-state index is 12.5. The van der Waals surface area contributed by atoms with Crippen LogP contribution in [0.25, 0.3) is 0 Å². The van der Waals surface area contributed by atoms with E-state index < -0.39 is 18.2 Å². The molecule has 0 radical (unpaired) electrons. The largest absolute Gasteiger partial charge is 0.471 e. The Balaban J connectivity index is 2.22. The smallest absolute Gasteiger partial charge is 0.346 e. The normalized spacial score (nSPS) is 20.3. The summed E-state index contributed by atoms with van der Waals surface area (Å²) in [4.78, 5) is 11.3. The van der Waals surface area contributed by atoms with Crippen molar-refractivity contribution in [1.29, 1.82) is 0 Å². The van der Waals surface area contributed by atoms with Gasteiger partial charge in [-0.1, -0.05) is 5.16 Å². The summed E-state index contributed by atoms with van der Waals surface area (Å²) in [5.41, 5.74) is 0. The van der Waals surface area contributed by atoms with Gasteiger partial charge in [0.05, 0.1) is 0 Å². The number of halogens is 3. The third-order valence-electron chi connectivity index (χ3n) is 2.91. The zero-order valence-electron chi connectivity index (χ0n) is 11.9. The molecular weight excluding hydrogens is 287 g/mol. The second kappa shape index (κ2) is 5.84. The molecule has 116 valence electrons. The Morgan fingerprint density at radius 3 is 2.71 bits per heavy atom. The summed E-state index contributed by atoms with van der Waals surface area (Å²) in [5.74, 6) is -1.46. The Kier molecular flexibility index (Phi) is 4.31. The van der Waals surface area contributed by atoms with Gasteiger partial charge in [0.25, 0.3) is 0 Å². The van der Waals surface area contributed by atoms with Gasteiger partial charge in [-0.05, 0) is 27.1 Å². The lowest BCUT2D eigenvalue weighted by molar-refractivity contribution is -0.159. The molecule has 1 aliphatic heterocycles. The Morgan fingerprint density at radius 2 is 2.14 bits per heavy atom. The number of hydrogen-bond acceptors (Lipinski definition) is 6. The minimum Gasteiger partial charge on any atom is -0.346 e. The van der Waals surface area contributed by atoms with Gasteiger partial charge < -0.3 is 14.3 Å². The fraction of sp³-hybridized carbons (Fsp3) is 0.583. The first kappa shape index (κ1) is 15.5. The first-order valence-electron chi connectivity index (χ1n) is 6.32. The predicted molar refractivity (Wildman–Crippen MR) is 69.5 cm³/mol. The maximum absolute atomic E-state index is 12.5. The summed E-state index contributed by atoms with van der Waals surface area (Å²) < 4.78 is 41.9. The third-order valence-corrected chi connectivity index (χ3v) is 2.91. The van der Waals surface area contributed by atoms with Crippen molar-refractivity contribution in [3.63, 3.8) is 0 Å². The number of likely N-dealkylation sites (N-methyl/N-ethyl adjacent to an activating group) is 1. The number of alkyl halides is 3. The molecule has 0 amide bonds. The van der Waals surface area contributed by atoms with Crippen molar-refractivity contribution in [1.82, 2.24) is 19.9 Å². The summed E-state index contributed by atoms with van der Waals surface area (Å²) in [6.45, 7) is 2.66. The molecule has 1 aliphatic rings. The predicted octanol–water partition coefficient (Wildman–Crippen LogP) is 1.94. The fourth-order valence-corrected chi connectivity index (χ4v) is 2.09. The SMILES string of the molecule is CC(CN(C)C)N1C=CC=N[C@@H]1c1noc(C(F)(F)F)n1. The second-order valence-corrected chi connectivity index (χ2v) is 5.03. The highest BCUT2D eigenvalue weighted by molar-refractivity contribution is 5.72. The molecule has 0 saturated carbocycles. The average Bonchev–Trinajstić information content (AvgIpc) is 2.87. The maximum Gasteiger partial charge on any atom is 0.471 e. The highest BCUT2D eigenvalue weighted by atomic mass is 19.4. The van der Waals surface area contributed by atoms with E-state index in [4.69, 9.17) is 0 Å². The zero-order chi connectivity index (χ0) is 15.6. The van der Waals surface area contributed by atoms with E-state index in [9.17, 15) is 13.2 Å². The van der Waals surface area contributed by atoms with Gasteiger partial charge in [-0.25, -0.2) is 0 Å². The quantitative estimate of drug-likeness (QED) is 0.851. The Bertz CT molecular complexity index is 537. The second-order valence-electron chi connectivity index (χ2n) is 5.03. The third kappa shape index (κ3) is 3.60. The molecule has 0 saturated heterocycles. The Hall–Kier alpha value is -1.90. The van der Waals surface area contributed by atoms with E-state index in [1.165, 1.54) is 6.21 Å². The van der Waals surface area contributed by atoms with Crippen molar-refractivity contribution in [2.45, 2.75) is 25.3 Å². The van der Waals surface area contributed by atoms with Crippen LogP contribution in [0.3, 0.4) is 0 Å². The molecule has 0 aromatic carbocycles. The lowest BCUT2D eigenvalue weighted by atomic mass is 10.2. The van der Waals surface area contributed by atoms with E-state index in [-0.39, 0.29) is 11.9 Å². The van der Waals surface area contributed by atoms with E-state index in [0.717, 1.165) is 0 Å². The minimum absolute atomic E-state index is 0.0199. The van der Waals surface area contributed by atoms with E-state index in [0.29, 0.717) is 6.54 Å². The summed E-state index contributed by atoms with van der Waals surface area (Å²) in [6, 6.07) is 0.0199. The molecule has 2 atom stereocenters. The van der Waals surface area contributed by atoms with Crippen molar-refractivity contribution in [3.8, 4) is 0 Å². The Morgan fingerprint density at radius 1 is 1.43 bits per heavy atom. The van der Waals surface area contributed by atoms with Gasteiger partial charge in [-0.15, -0.1) is 0 Å². The van der Waals surface area contributed by atoms with Crippen LogP contribution in [0.2, 0.25) is 0 Å². The standard InChI is InChI=1S/C12H16F3N5O/c1-8(7-19(2)3)20-6-4-5-16-10(20)9-17-11(21-18-9)12(13,14)15/h4-6,8,10H,7H2,1-3H3/t8?,10-/m0/s1. The first-order chi connectivity index (χ1) is 9.79. The molecule has 0 bridgehead atoms. The molecular formula is C12H16F3N5O. The van der Waals surface area contributed by atoms with Crippen LogP contribution < -0.4 is 0 Å².